The number of carbonyl (C=O) groups excluding carboxylic acids is 1. The van der Waals surface area contributed by atoms with Crippen molar-refractivity contribution >= 4 is 17.6 Å². The number of hydrogen-bond acceptors (Lipinski definition) is 5. The van der Waals surface area contributed by atoms with Crippen LogP contribution in [-0.4, -0.2) is 39.5 Å². The van der Waals surface area contributed by atoms with Crippen LogP contribution in [0.15, 0.2) is 28.8 Å². The van der Waals surface area contributed by atoms with E-state index >= 15 is 0 Å². The highest BCUT2D eigenvalue weighted by Crippen LogP contribution is 2.18. The Morgan fingerprint density at radius 3 is 2.64 bits per heavy atom. The van der Waals surface area contributed by atoms with Gasteiger partial charge in [-0.25, -0.2) is 4.79 Å². The monoisotopic (exact) mass is 366 g/mol. The third kappa shape index (κ3) is 5.72. The first-order valence-corrected chi connectivity index (χ1v) is 8.52. The minimum atomic E-state index is -0.980. The van der Waals surface area contributed by atoms with Crippen molar-refractivity contribution in [3.8, 4) is 11.4 Å². The average Bonchev–Trinajstić information content (AvgIpc) is 3.01. The van der Waals surface area contributed by atoms with Crippen LogP contribution in [0.1, 0.15) is 33.1 Å². The summed E-state index contributed by atoms with van der Waals surface area (Å²) >= 11 is 5.85. The molecule has 0 aliphatic carbocycles. The van der Waals surface area contributed by atoms with E-state index in [4.69, 9.17) is 16.1 Å². The Hall–Kier alpha value is -2.12. The van der Waals surface area contributed by atoms with Crippen molar-refractivity contribution in [2.24, 2.45) is 0 Å². The molecule has 1 unspecified atom stereocenters. The van der Waals surface area contributed by atoms with Crippen molar-refractivity contribution in [2.45, 2.75) is 45.3 Å². The normalized spacial score (nSPS) is 12.7. The van der Waals surface area contributed by atoms with Crippen LogP contribution in [0.3, 0.4) is 0 Å². The maximum atomic E-state index is 11.9. The topological polar surface area (TPSA) is 100 Å². The maximum Gasteiger partial charge on any atom is 0.315 e. The molecular formula is C17H23ClN4O3. The molecular weight excluding hydrogens is 344 g/mol. The van der Waals surface area contributed by atoms with Gasteiger partial charge < -0.3 is 20.3 Å². The molecule has 1 aromatic heterocycles. The summed E-state index contributed by atoms with van der Waals surface area (Å²) in [4.78, 5) is 16.2. The minimum absolute atomic E-state index is 0.326. The number of nitrogens with one attached hydrogen (secondary N) is 2. The largest absolute Gasteiger partial charge is 0.388 e. The third-order valence-corrected chi connectivity index (χ3v) is 4.01. The summed E-state index contributed by atoms with van der Waals surface area (Å²) in [7, 11) is 0. The second-order valence-electron chi connectivity index (χ2n) is 6.28. The molecule has 8 heteroatoms. The molecule has 2 amide bonds. The Morgan fingerprint density at radius 1 is 1.36 bits per heavy atom. The van der Waals surface area contributed by atoms with E-state index in [1.54, 1.807) is 26.0 Å². The number of benzene rings is 1. The molecule has 25 heavy (non-hydrogen) atoms. The lowest BCUT2D eigenvalue weighted by Gasteiger charge is -2.29. The van der Waals surface area contributed by atoms with Gasteiger partial charge in [0.15, 0.2) is 0 Å². The highest BCUT2D eigenvalue weighted by atomic mass is 35.5. The SMILES string of the molecule is CCC(NC(=O)NCCc1nc(-c2ccc(Cl)cc2)no1)C(C)(C)O. The number of hydrogen-bond donors (Lipinski definition) is 3. The zero-order valence-electron chi connectivity index (χ0n) is 14.5. The summed E-state index contributed by atoms with van der Waals surface area (Å²) in [5, 5.41) is 20.0. The number of halogens is 1. The van der Waals surface area contributed by atoms with Gasteiger partial charge in [-0.3, -0.25) is 0 Å². The molecule has 0 saturated carbocycles. The molecule has 1 heterocycles. The van der Waals surface area contributed by atoms with E-state index in [1.807, 2.05) is 19.1 Å². The summed E-state index contributed by atoms with van der Waals surface area (Å²) in [5.41, 5.74) is -0.174. The number of aromatic nitrogens is 2. The molecule has 2 rings (SSSR count). The number of carbonyl (C=O) groups is 1. The van der Waals surface area contributed by atoms with Crippen LogP contribution in [0.25, 0.3) is 11.4 Å². The van der Waals surface area contributed by atoms with Crippen molar-refractivity contribution in [3.05, 3.63) is 35.2 Å². The number of nitrogens with zero attached hydrogens (tertiary/aromatic N) is 2. The molecule has 0 aliphatic rings. The van der Waals surface area contributed by atoms with Crippen LogP contribution in [0, 0.1) is 0 Å². The molecule has 0 aliphatic heterocycles. The molecule has 136 valence electrons. The Morgan fingerprint density at radius 2 is 2.04 bits per heavy atom. The van der Waals surface area contributed by atoms with E-state index in [0.717, 1.165) is 5.56 Å². The molecule has 0 radical (unpaired) electrons. The second-order valence-corrected chi connectivity index (χ2v) is 6.72. The van der Waals surface area contributed by atoms with Gasteiger partial charge in [-0.05, 0) is 44.5 Å². The lowest BCUT2D eigenvalue weighted by Crippen LogP contribution is -2.52. The van der Waals surface area contributed by atoms with E-state index < -0.39 is 5.60 Å². The first kappa shape index (κ1) is 19.2. The Kier molecular flexibility index (Phi) is 6.39. The maximum absolute atomic E-state index is 11.9. The first-order valence-electron chi connectivity index (χ1n) is 8.15. The number of rotatable bonds is 7. The van der Waals surface area contributed by atoms with Gasteiger partial charge in [-0.15, -0.1) is 0 Å². The third-order valence-electron chi connectivity index (χ3n) is 3.76. The number of amides is 2. The van der Waals surface area contributed by atoms with Gasteiger partial charge in [0.2, 0.25) is 11.7 Å². The van der Waals surface area contributed by atoms with E-state index in [1.165, 1.54) is 0 Å². The van der Waals surface area contributed by atoms with E-state index in [0.29, 0.717) is 36.1 Å². The fourth-order valence-electron chi connectivity index (χ4n) is 2.34. The molecule has 0 bridgehead atoms. The van der Waals surface area contributed by atoms with Gasteiger partial charge in [0.05, 0.1) is 11.6 Å². The fourth-order valence-corrected chi connectivity index (χ4v) is 2.47. The summed E-state index contributed by atoms with van der Waals surface area (Å²) in [6, 6.07) is 6.46. The van der Waals surface area contributed by atoms with Crippen LogP contribution in [0.5, 0.6) is 0 Å². The van der Waals surface area contributed by atoms with Crippen LogP contribution in [0.2, 0.25) is 5.02 Å². The lowest BCUT2D eigenvalue weighted by molar-refractivity contribution is 0.0399. The second kappa shape index (κ2) is 8.31. The average molecular weight is 367 g/mol. The fraction of sp³-hybridized carbons (Fsp3) is 0.471. The predicted octanol–water partition coefficient (Wildman–Crippen LogP) is 2.78. The molecule has 0 saturated heterocycles. The van der Waals surface area contributed by atoms with Crippen molar-refractivity contribution in [3.63, 3.8) is 0 Å². The van der Waals surface area contributed by atoms with Crippen molar-refractivity contribution in [2.75, 3.05) is 6.54 Å². The molecule has 0 spiro atoms. The minimum Gasteiger partial charge on any atom is -0.388 e. The zero-order chi connectivity index (χ0) is 18.4. The van der Waals surface area contributed by atoms with Crippen LogP contribution < -0.4 is 10.6 Å². The van der Waals surface area contributed by atoms with Crippen LogP contribution >= 0.6 is 11.6 Å². The Labute approximate surface area is 151 Å². The highest BCUT2D eigenvalue weighted by molar-refractivity contribution is 6.30. The standard InChI is InChI=1S/C17H23ClN4O3/c1-4-13(17(2,3)24)20-16(23)19-10-9-14-21-15(22-25-14)11-5-7-12(18)8-6-11/h5-8,13,24H,4,9-10H2,1-3H3,(H2,19,20,23). The van der Waals surface area contributed by atoms with Gasteiger partial charge in [-0.2, -0.15) is 4.98 Å². The summed E-state index contributed by atoms with van der Waals surface area (Å²) in [5.74, 6) is 0.906. The quantitative estimate of drug-likeness (QED) is 0.699. The van der Waals surface area contributed by atoms with Gasteiger partial charge >= 0.3 is 6.03 Å². The van der Waals surface area contributed by atoms with Crippen molar-refractivity contribution < 1.29 is 14.4 Å². The van der Waals surface area contributed by atoms with Crippen molar-refractivity contribution in [1.82, 2.24) is 20.8 Å². The van der Waals surface area contributed by atoms with E-state index in [9.17, 15) is 9.90 Å². The smallest absolute Gasteiger partial charge is 0.315 e. The van der Waals surface area contributed by atoms with Crippen LogP contribution in [-0.2, 0) is 6.42 Å². The summed E-state index contributed by atoms with van der Waals surface area (Å²) in [6.07, 6.45) is 1.04. The lowest BCUT2D eigenvalue weighted by atomic mass is 9.97. The molecule has 3 N–H and O–H groups in total. The summed E-state index contributed by atoms with van der Waals surface area (Å²) < 4.78 is 5.18. The van der Waals surface area contributed by atoms with Gasteiger partial charge in [0.25, 0.3) is 0 Å². The Balaban J connectivity index is 1.82. The van der Waals surface area contributed by atoms with Crippen molar-refractivity contribution in [1.29, 1.82) is 0 Å². The molecule has 0 fully saturated rings. The number of urea groups is 1. The molecule has 1 aromatic carbocycles. The highest BCUT2D eigenvalue weighted by Gasteiger charge is 2.26. The number of aliphatic hydroxyl groups is 1. The van der Waals surface area contributed by atoms with E-state index in [2.05, 4.69) is 20.8 Å². The predicted molar refractivity (Wildman–Crippen MR) is 95.4 cm³/mol. The van der Waals surface area contributed by atoms with Gasteiger partial charge in [0, 0.05) is 23.6 Å². The molecule has 1 atom stereocenters. The zero-order valence-corrected chi connectivity index (χ0v) is 15.3. The summed E-state index contributed by atoms with van der Waals surface area (Å²) in [6.45, 7) is 5.58. The van der Waals surface area contributed by atoms with Gasteiger partial charge in [-0.1, -0.05) is 23.7 Å². The van der Waals surface area contributed by atoms with Gasteiger partial charge in [0.1, 0.15) is 0 Å². The molecule has 2 aromatic rings. The first-order chi connectivity index (χ1) is 11.8. The van der Waals surface area contributed by atoms with Crippen LogP contribution in [0.4, 0.5) is 4.79 Å². The molecule has 7 nitrogen and oxygen atoms in total. The Bertz CT molecular complexity index is 695. The van der Waals surface area contributed by atoms with E-state index in [-0.39, 0.29) is 12.1 Å².